The molecule has 2 saturated heterocycles. The van der Waals surface area contributed by atoms with Crippen molar-refractivity contribution in [1.29, 1.82) is 0 Å². The molecule has 3 aliphatic rings. The van der Waals surface area contributed by atoms with Gasteiger partial charge in [-0.15, -0.1) is 0 Å². The summed E-state index contributed by atoms with van der Waals surface area (Å²) < 4.78 is 31.3. The molecule has 2 fully saturated rings. The third kappa shape index (κ3) is 7.34. The molecule has 3 aliphatic heterocycles. The van der Waals surface area contributed by atoms with E-state index in [9.17, 15) is 32.7 Å². The molecule has 2 aromatic carbocycles. The van der Waals surface area contributed by atoms with Crippen LogP contribution in [0.4, 0.5) is 0 Å². The van der Waals surface area contributed by atoms with Crippen LogP contribution in [-0.4, -0.2) is 126 Å². The van der Waals surface area contributed by atoms with Crippen LogP contribution < -0.4 is 0 Å². The van der Waals surface area contributed by atoms with E-state index in [1.807, 2.05) is 4.90 Å². The number of carbonyl (C=O) groups is 4. The molecule has 242 valence electrons. The van der Waals surface area contributed by atoms with E-state index in [2.05, 4.69) is 0 Å². The monoisotopic (exact) mass is 661 g/mol. The Kier molecular flexibility index (Phi) is 9.56. The highest BCUT2D eigenvalue weighted by Gasteiger charge is 2.42. The summed E-state index contributed by atoms with van der Waals surface area (Å²) in [4.78, 5) is 57.7. The third-order valence-electron chi connectivity index (χ3n) is 8.39. The van der Waals surface area contributed by atoms with Crippen molar-refractivity contribution >= 4 is 55.9 Å². The number of fused-ring (bicyclic) bond motifs is 2. The molecular formula is C30H36ClN5O8S. The Morgan fingerprint density at radius 2 is 1.78 bits per heavy atom. The highest BCUT2D eigenvalue weighted by Crippen LogP contribution is 2.30. The number of sulfone groups is 1. The number of halogens is 1. The van der Waals surface area contributed by atoms with Crippen LogP contribution in [0, 0.1) is 0 Å². The van der Waals surface area contributed by atoms with Gasteiger partial charge in [-0.3, -0.25) is 19.2 Å². The maximum atomic E-state index is 13.2. The number of esters is 1. The van der Waals surface area contributed by atoms with Crippen LogP contribution in [0.1, 0.15) is 26.2 Å². The van der Waals surface area contributed by atoms with Crippen molar-refractivity contribution in [3.63, 3.8) is 0 Å². The zero-order valence-corrected chi connectivity index (χ0v) is 26.7. The van der Waals surface area contributed by atoms with E-state index in [1.54, 1.807) is 47.3 Å². The number of likely N-dealkylation sites (tertiary alicyclic amines) is 1. The molecule has 0 unspecified atom stereocenters. The smallest absolute Gasteiger partial charge is 0.309 e. The summed E-state index contributed by atoms with van der Waals surface area (Å²) in [6.07, 6.45) is 0.998. The number of hydrogen-bond donors (Lipinski definition) is 1. The summed E-state index contributed by atoms with van der Waals surface area (Å²) in [5.74, 6) is -2.12. The summed E-state index contributed by atoms with van der Waals surface area (Å²) in [7, 11) is -2.34. The zero-order valence-electron chi connectivity index (χ0n) is 25.1. The van der Waals surface area contributed by atoms with Gasteiger partial charge in [-0.1, -0.05) is 23.7 Å². The summed E-state index contributed by atoms with van der Waals surface area (Å²) in [5, 5.41) is 12.6. The van der Waals surface area contributed by atoms with Gasteiger partial charge >= 0.3 is 5.97 Å². The van der Waals surface area contributed by atoms with Gasteiger partial charge < -0.3 is 34.3 Å². The normalized spacial score (nSPS) is 17.9. The Balaban J connectivity index is 1.09. The van der Waals surface area contributed by atoms with Gasteiger partial charge in [-0.25, -0.2) is 8.42 Å². The van der Waals surface area contributed by atoms with Gasteiger partial charge in [0, 0.05) is 50.9 Å². The zero-order chi connectivity index (χ0) is 32.5. The van der Waals surface area contributed by atoms with E-state index in [0.29, 0.717) is 42.3 Å². The second-order valence-electron chi connectivity index (χ2n) is 11.5. The number of aliphatic hydroxyl groups excluding tert-OH is 1. The fraction of sp³-hybridized carbons (Fsp3) is 0.467. The van der Waals surface area contributed by atoms with Gasteiger partial charge in [-0.05, 0) is 47.9 Å². The van der Waals surface area contributed by atoms with Gasteiger partial charge in [0.25, 0.3) is 11.8 Å². The van der Waals surface area contributed by atoms with Crippen LogP contribution in [-0.2, 0) is 33.8 Å². The lowest BCUT2D eigenvalue weighted by atomic mass is 10.0. The van der Waals surface area contributed by atoms with E-state index in [1.165, 1.54) is 28.9 Å². The van der Waals surface area contributed by atoms with Crippen molar-refractivity contribution in [3.05, 3.63) is 53.3 Å². The molecule has 5 rings (SSSR count). The summed E-state index contributed by atoms with van der Waals surface area (Å²) >= 11 is 6.01. The van der Waals surface area contributed by atoms with Crippen LogP contribution >= 0.6 is 11.6 Å². The minimum atomic E-state index is -3.95. The quantitative estimate of drug-likeness (QED) is 0.369. The molecule has 1 atom stereocenters. The minimum absolute atomic E-state index is 0.00974. The molecule has 0 aliphatic carbocycles. The Labute approximate surface area is 266 Å². The van der Waals surface area contributed by atoms with Crippen LogP contribution in [0.5, 0.6) is 0 Å². The molecule has 2 aromatic rings. The number of carbonyl (C=O) groups excluding carboxylic acids is 4. The van der Waals surface area contributed by atoms with Gasteiger partial charge in [0.15, 0.2) is 16.6 Å². The molecule has 3 heterocycles. The SMILES string of the molecule is CC(=O)N(C)CCC(=O)OCN1C=C2C(=O)N(C3CCN(C(=O)[C@H](O)CS(=O)(=O)c4ccc5cc(Cl)ccc5c4)CC3)CN2C1. The molecule has 45 heavy (non-hydrogen) atoms. The van der Waals surface area contributed by atoms with Crippen molar-refractivity contribution in [2.24, 2.45) is 0 Å². The molecule has 0 spiro atoms. The first-order chi connectivity index (χ1) is 21.3. The van der Waals surface area contributed by atoms with Crippen LogP contribution in [0.15, 0.2) is 53.2 Å². The van der Waals surface area contributed by atoms with Gasteiger partial charge in [0.1, 0.15) is 11.8 Å². The van der Waals surface area contributed by atoms with Gasteiger partial charge in [-0.2, -0.15) is 0 Å². The fourth-order valence-electron chi connectivity index (χ4n) is 5.67. The van der Waals surface area contributed by atoms with Crippen molar-refractivity contribution in [2.75, 3.05) is 52.5 Å². The number of rotatable bonds is 10. The largest absolute Gasteiger partial charge is 0.444 e. The number of nitrogens with zero attached hydrogens (tertiary/aromatic N) is 5. The average molecular weight is 662 g/mol. The Hall–Kier alpha value is -3.88. The number of ether oxygens (including phenoxy) is 1. The van der Waals surface area contributed by atoms with E-state index < -0.39 is 33.6 Å². The first-order valence-corrected chi connectivity index (χ1v) is 16.6. The number of hydrogen-bond acceptors (Lipinski definition) is 10. The third-order valence-corrected chi connectivity index (χ3v) is 10.4. The molecule has 0 saturated carbocycles. The van der Waals surface area contributed by atoms with Gasteiger partial charge in [0.2, 0.25) is 5.91 Å². The van der Waals surface area contributed by atoms with E-state index in [0.717, 1.165) is 5.39 Å². The predicted octanol–water partition coefficient (Wildman–Crippen LogP) is 1.20. The topological polar surface area (TPSA) is 148 Å². The lowest BCUT2D eigenvalue weighted by Crippen LogP contribution is -2.51. The predicted molar refractivity (Wildman–Crippen MR) is 164 cm³/mol. The second-order valence-corrected chi connectivity index (χ2v) is 14.0. The first-order valence-electron chi connectivity index (χ1n) is 14.6. The van der Waals surface area contributed by atoms with Crippen molar-refractivity contribution in [3.8, 4) is 0 Å². The van der Waals surface area contributed by atoms with Crippen LogP contribution in [0.3, 0.4) is 0 Å². The molecule has 0 radical (unpaired) electrons. The number of aliphatic hydroxyl groups is 1. The fourth-order valence-corrected chi connectivity index (χ4v) is 7.19. The molecule has 3 amide bonds. The Morgan fingerprint density at radius 3 is 2.47 bits per heavy atom. The average Bonchev–Trinajstić information content (AvgIpc) is 3.56. The van der Waals surface area contributed by atoms with Crippen LogP contribution in [0.25, 0.3) is 10.8 Å². The molecule has 0 aromatic heterocycles. The van der Waals surface area contributed by atoms with E-state index in [4.69, 9.17) is 16.3 Å². The standard InChI is InChI=1S/C30H36ClN5O8S/c1-20(37)32(2)10-9-28(39)44-19-33-15-26-29(40)36(18-35(26)17-33)24-7-11-34(12-8-24)30(41)27(38)16-45(42,43)25-6-4-21-13-23(31)5-3-22(21)14-25/h3-6,13-15,24,27,38H,7-12,16-19H2,1-2H3/t27-/m1/s1. The highest BCUT2D eigenvalue weighted by atomic mass is 35.5. The summed E-state index contributed by atoms with van der Waals surface area (Å²) in [5.41, 5.74) is 0.498. The lowest BCUT2D eigenvalue weighted by molar-refractivity contribution is -0.148. The highest BCUT2D eigenvalue weighted by molar-refractivity contribution is 7.91. The second kappa shape index (κ2) is 13.2. The van der Waals surface area contributed by atoms with Crippen molar-refractivity contribution in [1.82, 2.24) is 24.5 Å². The minimum Gasteiger partial charge on any atom is -0.444 e. The van der Waals surface area contributed by atoms with E-state index in [-0.39, 0.29) is 55.5 Å². The summed E-state index contributed by atoms with van der Waals surface area (Å²) in [6.45, 7) is 2.96. The molecule has 15 heteroatoms. The molecule has 0 bridgehead atoms. The Bertz CT molecular complexity index is 1640. The molecule has 13 nitrogen and oxygen atoms in total. The number of benzene rings is 2. The maximum absolute atomic E-state index is 13.2. The van der Waals surface area contributed by atoms with Gasteiger partial charge in [0.05, 0.1) is 30.4 Å². The number of amides is 3. The van der Waals surface area contributed by atoms with Crippen molar-refractivity contribution < 1.29 is 37.4 Å². The van der Waals surface area contributed by atoms with Crippen LogP contribution in [0.2, 0.25) is 5.02 Å². The molecular weight excluding hydrogens is 626 g/mol. The maximum Gasteiger partial charge on any atom is 0.309 e. The van der Waals surface area contributed by atoms with Crippen molar-refractivity contribution in [2.45, 2.75) is 43.2 Å². The number of piperidine rings is 1. The Morgan fingerprint density at radius 1 is 1.09 bits per heavy atom. The lowest BCUT2D eigenvalue weighted by Gasteiger charge is -2.37. The first kappa shape index (κ1) is 32.5. The van der Waals surface area contributed by atoms with E-state index >= 15 is 0 Å². The summed E-state index contributed by atoms with van der Waals surface area (Å²) in [6, 6.07) is 9.55. The molecule has 1 N–H and O–H groups in total.